The minimum Gasteiger partial charge on any atom is -0.411 e. The number of nitriles is 1. The highest BCUT2D eigenvalue weighted by molar-refractivity contribution is 7.99. The van der Waals surface area contributed by atoms with E-state index in [1.54, 1.807) is 24.3 Å². The van der Waals surface area contributed by atoms with Gasteiger partial charge < -0.3 is 9.15 Å². The summed E-state index contributed by atoms with van der Waals surface area (Å²) in [6, 6.07) is 9.16. The molecule has 0 spiro atoms. The number of rotatable bonds is 4. The third-order valence-electron chi connectivity index (χ3n) is 3.08. The summed E-state index contributed by atoms with van der Waals surface area (Å²) in [4.78, 5) is 0. The Hall–Kier alpha value is -1.84. The van der Waals surface area contributed by atoms with Crippen molar-refractivity contribution >= 4 is 11.8 Å². The number of hydrogen-bond acceptors (Lipinski definition) is 6. The van der Waals surface area contributed by atoms with Crippen LogP contribution in [0.4, 0.5) is 0 Å². The van der Waals surface area contributed by atoms with Crippen LogP contribution in [-0.2, 0) is 4.74 Å². The first-order valence-electron chi connectivity index (χ1n) is 6.43. The van der Waals surface area contributed by atoms with Gasteiger partial charge in [0.25, 0.3) is 5.22 Å². The predicted octanol–water partition coefficient (Wildman–Crippen LogP) is 2.88. The van der Waals surface area contributed by atoms with Gasteiger partial charge in [-0.3, -0.25) is 0 Å². The zero-order chi connectivity index (χ0) is 13.8. The first-order valence-corrected chi connectivity index (χ1v) is 7.42. The molecule has 6 heteroatoms. The lowest BCUT2D eigenvalue weighted by Crippen LogP contribution is -2.07. The van der Waals surface area contributed by atoms with E-state index in [-0.39, 0.29) is 0 Å². The average molecular weight is 287 g/mol. The summed E-state index contributed by atoms with van der Waals surface area (Å²) < 4.78 is 11.2. The van der Waals surface area contributed by atoms with Crippen LogP contribution in [0.3, 0.4) is 0 Å². The van der Waals surface area contributed by atoms with Crippen molar-refractivity contribution < 1.29 is 9.15 Å². The Morgan fingerprint density at radius 1 is 1.30 bits per heavy atom. The zero-order valence-corrected chi connectivity index (χ0v) is 11.6. The maximum Gasteiger partial charge on any atom is 0.276 e. The molecule has 0 saturated carbocycles. The second-order valence-electron chi connectivity index (χ2n) is 4.51. The van der Waals surface area contributed by atoms with Crippen LogP contribution in [0.25, 0.3) is 11.5 Å². The third kappa shape index (κ3) is 3.00. The number of benzene rings is 1. The van der Waals surface area contributed by atoms with Gasteiger partial charge in [0.1, 0.15) is 0 Å². The maximum absolute atomic E-state index is 8.76. The molecule has 0 N–H and O–H groups in total. The summed E-state index contributed by atoms with van der Waals surface area (Å²) in [5.74, 6) is 1.32. The highest BCUT2D eigenvalue weighted by atomic mass is 32.2. The number of aromatic nitrogens is 2. The Balaban J connectivity index is 1.64. The lowest BCUT2D eigenvalue weighted by atomic mass is 10.1. The molecule has 1 aliphatic heterocycles. The van der Waals surface area contributed by atoms with Crippen LogP contribution in [0.1, 0.15) is 18.4 Å². The summed E-state index contributed by atoms with van der Waals surface area (Å²) in [6.45, 7) is 0.853. The molecule has 1 aromatic heterocycles. The molecule has 0 aliphatic carbocycles. The van der Waals surface area contributed by atoms with Crippen molar-refractivity contribution in [3.63, 3.8) is 0 Å². The van der Waals surface area contributed by atoms with Gasteiger partial charge in [-0.05, 0) is 37.1 Å². The van der Waals surface area contributed by atoms with E-state index in [9.17, 15) is 0 Å². The fraction of sp³-hybridized carbons (Fsp3) is 0.357. The summed E-state index contributed by atoms with van der Waals surface area (Å²) in [6.07, 6.45) is 2.53. The van der Waals surface area contributed by atoms with Crippen molar-refractivity contribution in [2.45, 2.75) is 24.2 Å². The van der Waals surface area contributed by atoms with E-state index in [4.69, 9.17) is 14.4 Å². The van der Waals surface area contributed by atoms with Crippen molar-refractivity contribution in [2.75, 3.05) is 12.4 Å². The molecule has 1 saturated heterocycles. The van der Waals surface area contributed by atoms with Gasteiger partial charge in [-0.2, -0.15) is 5.26 Å². The number of nitrogens with zero attached hydrogens (tertiary/aromatic N) is 3. The van der Waals surface area contributed by atoms with Crippen molar-refractivity contribution in [3.05, 3.63) is 29.8 Å². The Kier molecular flexibility index (Phi) is 4.00. The quantitative estimate of drug-likeness (QED) is 0.805. The molecule has 0 unspecified atom stereocenters. The van der Waals surface area contributed by atoms with Crippen molar-refractivity contribution in [1.29, 1.82) is 5.26 Å². The Bertz CT molecular complexity index is 612. The van der Waals surface area contributed by atoms with Gasteiger partial charge in [0.2, 0.25) is 5.89 Å². The van der Waals surface area contributed by atoms with E-state index >= 15 is 0 Å². The van der Waals surface area contributed by atoms with Crippen LogP contribution in [-0.4, -0.2) is 28.7 Å². The molecular weight excluding hydrogens is 274 g/mol. The summed E-state index contributed by atoms with van der Waals surface area (Å²) in [5, 5.41) is 17.4. The lowest BCUT2D eigenvalue weighted by molar-refractivity contribution is 0.128. The molecule has 3 rings (SSSR count). The third-order valence-corrected chi connectivity index (χ3v) is 4.03. The Labute approximate surface area is 121 Å². The average Bonchev–Trinajstić information content (AvgIpc) is 3.17. The van der Waals surface area contributed by atoms with Crippen molar-refractivity contribution in [1.82, 2.24) is 10.2 Å². The number of hydrogen-bond donors (Lipinski definition) is 0. The standard InChI is InChI=1S/C14H13N3O2S/c15-8-10-3-5-11(6-4-10)13-16-17-14(19-13)20-9-12-2-1-7-18-12/h3-6,12H,1-2,7,9H2/t12-/m0/s1. The van der Waals surface area contributed by atoms with Gasteiger partial charge in [-0.1, -0.05) is 11.8 Å². The molecule has 5 nitrogen and oxygen atoms in total. The van der Waals surface area contributed by atoms with Gasteiger partial charge in [0.15, 0.2) is 0 Å². The van der Waals surface area contributed by atoms with E-state index < -0.39 is 0 Å². The first kappa shape index (κ1) is 13.2. The van der Waals surface area contributed by atoms with E-state index in [1.165, 1.54) is 11.8 Å². The first-order chi connectivity index (χ1) is 9.85. The van der Waals surface area contributed by atoms with Gasteiger partial charge in [0.05, 0.1) is 17.7 Å². The molecule has 2 aromatic rings. The van der Waals surface area contributed by atoms with Crippen LogP contribution in [0, 0.1) is 11.3 Å². The second kappa shape index (κ2) is 6.07. The molecule has 2 heterocycles. The van der Waals surface area contributed by atoms with Gasteiger partial charge >= 0.3 is 0 Å². The smallest absolute Gasteiger partial charge is 0.276 e. The SMILES string of the molecule is N#Cc1ccc(-c2nnc(SC[C@@H]3CCCO3)o2)cc1. The van der Waals surface area contributed by atoms with Crippen LogP contribution >= 0.6 is 11.8 Å². The van der Waals surface area contributed by atoms with Crippen molar-refractivity contribution in [3.8, 4) is 17.5 Å². The molecule has 0 amide bonds. The van der Waals surface area contributed by atoms with E-state index in [1.807, 2.05) is 0 Å². The second-order valence-corrected chi connectivity index (χ2v) is 5.48. The fourth-order valence-corrected chi connectivity index (χ4v) is 2.84. The largest absolute Gasteiger partial charge is 0.411 e. The summed E-state index contributed by atoms with van der Waals surface area (Å²) >= 11 is 1.52. The minimum atomic E-state index is 0.297. The van der Waals surface area contributed by atoms with E-state index in [0.717, 1.165) is 30.8 Å². The van der Waals surface area contributed by atoms with Crippen LogP contribution in [0.15, 0.2) is 33.9 Å². The predicted molar refractivity (Wildman–Crippen MR) is 74.1 cm³/mol. The van der Waals surface area contributed by atoms with Crippen LogP contribution < -0.4 is 0 Å². The molecule has 0 radical (unpaired) electrons. The molecular formula is C14H13N3O2S. The highest BCUT2D eigenvalue weighted by Crippen LogP contribution is 2.26. The molecule has 102 valence electrons. The summed E-state index contributed by atoms with van der Waals surface area (Å²) in [7, 11) is 0. The van der Waals surface area contributed by atoms with E-state index in [0.29, 0.717) is 22.8 Å². The van der Waals surface area contributed by atoms with E-state index in [2.05, 4.69) is 16.3 Å². The van der Waals surface area contributed by atoms with Crippen molar-refractivity contribution in [2.24, 2.45) is 0 Å². The Morgan fingerprint density at radius 2 is 2.15 bits per heavy atom. The molecule has 1 aromatic carbocycles. The number of ether oxygens (including phenoxy) is 1. The summed E-state index contributed by atoms with van der Waals surface area (Å²) in [5.41, 5.74) is 1.43. The molecule has 0 bridgehead atoms. The van der Waals surface area contributed by atoms with Gasteiger partial charge in [-0.15, -0.1) is 10.2 Å². The van der Waals surface area contributed by atoms with Crippen LogP contribution in [0.2, 0.25) is 0 Å². The number of thioether (sulfide) groups is 1. The molecule has 1 fully saturated rings. The van der Waals surface area contributed by atoms with Gasteiger partial charge in [0, 0.05) is 17.9 Å². The van der Waals surface area contributed by atoms with Gasteiger partial charge in [-0.25, -0.2) is 0 Å². The van der Waals surface area contributed by atoms with Crippen LogP contribution in [0.5, 0.6) is 0 Å². The lowest BCUT2D eigenvalue weighted by Gasteiger charge is -2.05. The Morgan fingerprint density at radius 3 is 2.85 bits per heavy atom. The molecule has 1 aliphatic rings. The minimum absolute atomic E-state index is 0.297. The fourth-order valence-electron chi connectivity index (χ4n) is 2.01. The topological polar surface area (TPSA) is 71.9 Å². The maximum atomic E-state index is 8.76. The molecule has 1 atom stereocenters. The normalized spacial score (nSPS) is 18.1. The monoisotopic (exact) mass is 287 g/mol. The highest BCUT2D eigenvalue weighted by Gasteiger charge is 2.17. The molecule has 20 heavy (non-hydrogen) atoms. The zero-order valence-electron chi connectivity index (χ0n) is 10.8.